The van der Waals surface area contributed by atoms with Gasteiger partial charge in [-0.05, 0) is 44.4 Å². The van der Waals surface area contributed by atoms with Gasteiger partial charge in [0.2, 0.25) is 11.8 Å². The van der Waals surface area contributed by atoms with Crippen molar-refractivity contribution < 1.29 is 19.1 Å². The molecule has 0 radical (unpaired) electrons. The van der Waals surface area contributed by atoms with Crippen LogP contribution in [0.3, 0.4) is 0 Å². The van der Waals surface area contributed by atoms with Gasteiger partial charge in [0.15, 0.2) is 0 Å². The van der Waals surface area contributed by atoms with Crippen LogP contribution in [-0.4, -0.2) is 73.2 Å². The lowest BCUT2D eigenvalue weighted by Gasteiger charge is -2.47. The second-order valence-corrected chi connectivity index (χ2v) is 8.54. The van der Waals surface area contributed by atoms with Crippen LogP contribution >= 0.6 is 0 Å². The van der Waals surface area contributed by atoms with Crippen LogP contribution in [0.2, 0.25) is 0 Å². The third kappa shape index (κ3) is 3.91. The Morgan fingerprint density at radius 3 is 2.31 bits per heavy atom. The van der Waals surface area contributed by atoms with Gasteiger partial charge in [0, 0.05) is 45.1 Å². The standard InChI is InChI=1S/C20H32N2O4/c23-18(21-9-12-25-13-10-21)14-16-4-11-26-20(15-16)5-7-22(8-6-20)19(24)17-2-1-3-17/h16-17H,1-15H2. The molecule has 146 valence electrons. The Balaban J connectivity index is 1.28. The molecule has 3 aliphatic heterocycles. The molecule has 1 atom stereocenters. The summed E-state index contributed by atoms with van der Waals surface area (Å²) in [6, 6.07) is 0. The van der Waals surface area contributed by atoms with Gasteiger partial charge < -0.3 is 19.3 Å². The summed E-state index contributed by atoms with van der Waals surface area (Å²) >= 11 is 0. The SMILES string of the molecule is O=C(CC1CCOC2(CCN(C(=O)C3CCC3)CC2)C1)N1CCOCC1. The van der Waals surface area contributed by atoms with Crippen molar-refractivity contribution in [1.29, 1.82) is 0 Å². The van der Waals surface area contributed by atoms with Gasteiger partial charge in [-0.25, -0.2) is 0 Å². The van der Waals surface area contributed by atoms with E-state index in [1.807, 2.05) is 4.90 Å². The highest BCUT2D eigenvalue weighted by molar-refractivity contribution is 5.79. The van der Waals surface area contributed by atoms with Crippen molar-refractivity contribution in [3.63, 3.8) is 0 Å². The quantitative estimate of drug-likeness (QED) is 0.767. The summed E-state index contributed by atoms with van der Waals surface area (Å²) in [5, 5.41) is 0. The van der Waals surface area contributed by atoms with E-state index in [1.165, 1.54) is 6.42 Å². The summed E-state index contributed by atoms with van der Waals surface area (Å²) in [6.45, 7) is 5.16. The largest absolute Gasteiger partial charge is 0.378 e. The van der Waals surface area contributed by atoms with E-state index in [0.29, 0.717) is 31.5 Å². The van der Waals surface area contributed by atoms with Gasteiger partial charge in [0.05, 0.1) is 18.8 Å². The number of ether oxygens (including phenoxy) is 2. The zero-order valence-corrected chi connectivity index (χ0v) is 15.8. The van der Waals surface area contributed by atoms with Crippen LogP contribution in [0, 0.1) is 11.8 Å². The number of carbonyl (C=O) groups excluding carboxylic acids is 2. The van der Waals surface area contributed by atoms with E-state index in [2.05, 4.69) is 4.90 Å². The van der Waals surface area contributed by atoms with Crippen molar-refractivity contribution in [3.8, 4) is 0 Å². The van der Waals surface area contributed by atoms with E-state index in [0.717, 1.165) is 71.3 Å². The van der Waals surface area contributed by atoms with Crippen LogP contribution in [0.5, 0.6) is 0 Å². The average molecular weight is 364 g/mol. The number of likely N-dealkylation sites (tertiary alicyclic amines) is 1. The molecular formula is C20H32N2O4. The average Bonchev–Trinajstić information content (AvgIpc) is 2.62. The fourth-order valence-electron chi connectivity index (χ4n) is 4.89. The van der Waals surface area contributed by atoms with Crippen LogP contribution in [0.15, 0.2) is 0 Å². The second-order valence-electron chi connectivity index (χ2n) is 8.54. The monoisotopic (exact) mass is 364 g/mol. The van der Waals surface area contributed by atoms with Gasteiger partial charge in [-0.2, -0.15) is 0 Å². The molecule has 4 rings (SSSR count). The molecule has 1 saturated carbocycles. The highest BCUT2D eigenvalue weighted by Gasteiger charge is 2.42. The predicted octanol–water partition coefficient (Wildman–Crippen LogP) is 1.82. The Morgan fingerprint density at radius 2 is 1.65 bits per heavy atom. The smallest absolute Gasteiger partial charge is 0.225 e. The molecule has 1 unspecified atom stereocenters. The van der Waals surface area contributed by atoms with Gasteiger partial charge in [0.1, 0.15) is 0 Å². The highest BCUT2D eigenvalue weighted by atomic mass is 16.5. The van der Waals surface area contributed by atoms with E-state index >= 15 is 0 Å². The summed E-state index contributed by atoms with van der Waals surface area (Å²) in [7, 11) is 0. The van der Waals surface area contributed by atoms with Crippen molar-refractivity contribution >= 4 is 11.8 Å². The summed E-state index contributed by atoms with van der Waals surface area (Å²) in [5.74, 6) is 1.33. The Labute approximate surface area is 156 Å². The third-order valence-corrected chi connectivity index (χ3v) is 6.86. The number of rotatable bonds is 3. The van der Waals surface area contributed by atoms with Gasteiger partial charge in [-0.1, -0.05) is 6.42 Å². The van der Waals surface area contributed by atoms with Crippen LogP contribution in [0.4, 0.5) is 0 Å². The van der Waals surface area contributed by atoms with Crippen LogP contribution < -0.4 is 0 Å². The zero-order chi connectivity index (χ0) is 18.0. The Kier molecular flexibility index (Phi) is 5.50. The number of hydrogen-bond acceptors (Lipinski definition) is 4. The number of nitrogens with zero attached hydrogens (tertiary/aromatic N) is 2. The predicted molar refractivity (Wildman–Crippen MR) is 96.6 cm³/mol. The molecule has 0 bridgehead atoms. The van der Waals surface area contributed by atoms with Crippen molar-refractivity contribution in [2.75, 3.05) is 46.0 Å². The molecule has 6 heteroatoms. The molecule has 26 heavy (non-hydrogen) atoms. The number of piperidine rings is 1. The van der Waals surface area contributed by atoms with Gasteiger partial charge >= 0.3 is 0 Å². The fourth-order valence-corrected chi connectivity index (χ4v) is 4.89. The van der Waals surface area contributed by atoms with E-state index in [1.54, 1.807) is 0 Å². The summed E-state index contributed by atoms with van der Waals surface area (Å²) < 4.78 is 11.6. The van der Waals surface area contributed by atoms with Gasteiger partial charge in [0.25, 0.3) is 0 Å². The lowest BCUT2D eigenvalue weighted by atomic mass is 9.77. The number of amides is 2. The molecule has 6 nitrogen and oxygen atoms in total. The topological polar surface area (TPSA) is 59.1 Å². The van der Waals surface area contributed by atoms with Crippen molar-refractivity contribution in [1.82, 2.24) is 9.80 Å². The molecule has 0 aromatic rings. The highest BCUT2D eigenvalue weighted by Crippen LogP contribution is 2.40. The van der Waals surface area contributed by atoms with E-state index < -0.39 is 0 Å². The van der Waals surface area contributed by atoms with Crippen molar-refractivity contribution in [2.24, 2.45) is 11.8 Å². The molecule has 4 fully saturated rings. The fraction of sp³-hybridized carbons (Fsp3) is 0.900. The maximum absolute atomic E-state index is 12.6. The number of hydrogen-bond donors (Lipinski definition) is 0. The minimum atomic E-state index is -0.107. The molecule has 3 heterocycles. The molecular weight excluding hydrogens is 332 g/mol. The molecule has 4 aliphatic rings. The Bertz CT molecular complexity index is 520. The maximum Gasteiger partial charge on any atom is 0.225 e. The summed E-state index contributed by atoms with van der Waals surface area (Å²) in [6.07, 6.45) is 7.77. The third-order valence-electron chi connectivity index (χ3n) is 6.86. The molecule has 0 aromatic heterocycles. The summed E-state index contributed by atoms with van der Waals surface area (Å²) in [5.41, 5.74) is -0.107. The first-order valence-corrected chi connectivity index (χ1v) is 10.4. The molecule has 3 saturated heterocycles. The number of carbonyl (C=O) groups is 2. The molecule has 1 spiro atoms. The number of morpholine rings is 1. The first kappa shape index (κ1) is 18.2. The van der Waals surface area contributed by atoms with E-state index in [9.17, 15) is 9.59 Å². The molecule has 2 amide bonds. The molecule has 0 aromatic carbocycles. The zero-order valence-electron chi connectivity index (χ0n) is 15.8. The van der Waals surface area contributed by atoms with Crippen molar-refractivity contribution in [2.45, 2.75) is 57.0 Å². The molecule has 1 aliphatic carbocycles. The van der Waals surface area contributed by atoms with E-state index in [4.69, 9.17) is 9.47 Å². The molecule has 0 N–H and O–H groups in total. The van der Waals surface area contributed by atoms with Gasteiger partial charge in [-0.15, -0.1) is 0 Å². The first-order chi connectivity index (χ1) is 12.7. The minimum Gasteiger partial charge on any atom is -0.378 e. The van der Waals surface area contributed by atoms with Crippen molar-refractivity contribution in [3.05, 3.63) is 0 Å². The lowest BCUT2D eigenvalue weighted by Crippen LogP contribution is -2.52. The van der Waals surface area contributed by atoms with Crippen LogP contribution in [0.1, 0.15) is 51.4 Å². The minimum absolute atomic E-state index is 0.107. The summed E-state index contributed by atoms with van der Waals surface area (Å²) in [4.78, 5) is 29.0. The lowest BCUT2D eigenvalue weighted by molar-refractivity contribution is -0.154. The van der Waals surface area contributed by atoms with Crippen LogP contribution in [0.25, 0.3) is 0 Å². The Morgan fingerprint density at radius 1 is 0.923 bits per heavy atom. The second kappa shape index (κ2) is 7.85. The Hall–Kier alpha value is -1.14. The van der Waals surface area contributed by atoms with Crippen LogP contribution in [-0.2, 0) is 19.1 Å². The van der Waals surface area contributed by atoms with Gasteiger partial charge in [-0.3, -0.25) is 9.59 Å². The normalized spacial score (nSPS) is 29.5. The first-order valence-electron chi connectivity index (χ1n) is 10.4. The van der Waals surface area contributed by atoms with E-state index in [-0.39, 0.29) is 17.4 Å². The maximum atomic E-state index is 12.6.